The molecule has 92 valence electrons. The van der Waals surface area contributed by atoms with Crippen LogP contribution in [0.2, 0.25) is 0 Å². The molecule has 3 heteroatoms. The molecule has 2 rings (SSSR count). The van der Waals surface area contributed by atoms with E-state index in [1.54, 1.807) is 0 Å². The zero-order valence-corrected chi connectivity index (χ0v) is 11.4. The highest BCUT2D eigenvalue weighted by molar-refractivity contribution is 7.80. The van der Waals surface area contributed by atoms with Crippen molar-refractivity contribution in [2.75, 3.05) is 11.9 Å². The lowest BCUT2D eigenvalue weighted by Gasteiger charge is -2.35. The summed E-state index contributed by atoms with van der Waals surface area (Å²) in [5.41, 5.74) is 2.35. The predicted octanol–water partition coefficient (Wildman–Crippen LogP) is 3.57. The molecule has 0 amide bonds. The van der Waals surface area contributed by atoms with Crippen molar-refractivity contribution in [1.29, 1.82) is 0 Å². The van der Waals surface area contributed by atoms with Crippen LogP contribution in [0.25, 0.3) is 0 Å². The molecule has 1 atom stereocenters. The molecule has 1 fully saturated rings. The van der Waals surface area contributed by atoms with Crippen LogP contribution >= 0.6 is 12.2 Å². The zero-order chi connectivity index (χ0) is 12.3. The summed E-state index contributed by atoms with van der Waals surface area (Å²) < 4.78 is 0. The molecular weight excluding hydrogens is 228 g/mol. The maximum atomic E-state index is 5.48. The number of piperidine rings is 1. The van der Waals surface area contributed by atoms with E-state index >= 15 is 0 Å². The number of nitrogens with one attached hydrogen (secondary N) is 1. The van der Waals surface area contributed by atoms with Gasteiger partial charge in [-0.3, -0.25) is 0 Å². The summed E-state index contributed by atoms with van der Waals surface area (Å²) in [4.78, 5) is 2.30. The maximum Gasteiger partial charge on any atom is 0.173 e. The number of aryl methyl sites for hydroxylation is 1. The molecule has 1 heterocycles. The van der Waals surface area contributed by atoms with Gasteiger partial charge >= 0.3 is 0 Å². The zero-order valence-electron chi connectivity index (χ0n) is 10.6. The van der Waals surface area contributed by atoms with Crippen molar-refractivity contribution >= 4 is 23.0 Å². The SMILES string of the molecule is Cc1ccc(NC(=S)N2CCCC[C@@H]2C)cc1. The number of hydrogen-bond donors (Lipinski definition) is 1. The Bertz CT molecular complexity index is 386. The second-order valence-electron chi connectivity index (χ2n) is 4.83. The first-order chi connectivity index (χ1) is 8.16. The summed E-state index contributed by atoms with van der Waals surface area (Å²) in [6.45, 7) is 5.43. The summed E-state index contributed by atoms with van der Waals surface area (Å²) in [6.07, 6.45) is 3.82. The van der Waals surface area contributed by atoms with E-state index in [0.29, 0.717) is 6.04 Å². The van der Waals surface area contributed by atoms with Crippen LogP contribution in [0.4, 0.5) is 5.69 Å². The van der Waals surface area contributed by atoms with Gasteiger partial charge in [0.05, 0.1) is 0 Å². The third-order valence-electron chi connectivity index (χ3n) is 3.37. The van der Waals surface area contributed by atoms with Gasteiger partial charge in [0, 0.05) is 18.3 Å². The highest BCUT2D eigenvalue weighted by atomic mass is 32.1. The van der Waals surface area contributed by atoms with E-state index < -0.39 is 0 Å². The van der Waals surface area contributed by atoms with Crippen LogP contribution < -0.4 is 5.32 Å². The Morgan fingerprint density at radius 2 is 2.00 bits per heavy atom. The molecule has 2 nitrogen and oxygen atoms in total. The first kappa shape index (κ1) is 12.4. The van der Waals surface area contributed by atoms with E-state index in [9.17, 15) is 0 Å². The Kier molecular flexibility index (Phi) is 4.00. The number of rotatable bonds is 1. The topological polar surface area (TPSA) is 15.3 Å². The highest BCUT2D eigenvalue weighted by Crippen LogP contribution is 2.18. The quantitative estimate of drug-likeness (QED) is 0.765. The van der Waals surface area contributed by atoms with Crippen LogP contribution in [0, 0.1) is 6.92 Å². The van der Waals surface area contributed by atoms with Crippen molar-refractivity contribution in [3.05, 3.63) is 29.8 Å². The molecule has 1 aromatic rings. The van der Waals surface area contributed by atoms with E-state index in [4.69, 9.17) is 12.2 Å². The van der Waals surface area contributed by atoms with E-state index in [1.165, 1.54) is 24.8 Å². The van der Waals surface area contributed by atoms with Crippen molar-refractivity contribution < 1.29 is 0 Å². The average Bonchev–Trinajstić information content (AvgIpc) is 2.32. The van der Waals surface area contributed by atoms with Crippen molar-refractivity contribution in [3.63, 3.8) is 0 Å². The molecule has 0 saturated carbocycles. The van der Waals surface area contributed by atoms with Gasteiger partial charge in [0.25, 0.3) is 0 Å². The van der Waals surface area contributed by atoms with Crippen molar-refractivity contribution in [2.45, 2.75) is 39.2 Å². The highest BCUT2D eigenvalue weighted by Gasteiger charge is 2.20. The number of likely N-dealkylation sites (tertiary alicyclic amines) is 1. The number of thiocarbonyl (C=S) groups is 1. The van der Waals surface area contributed by atoms with Gasteiger partial charge in [-0.05, 0) is 57.5 Å². The first-order valence-corrected chi connectivity index (χ1v) is 6.72. The summed E-state index contributed by atoms with van der Waals surface area (Å²) in [5, 5.41) is 4.19. The third-order valence-corrected chi connectivity index (χ3v) is 3.70. The van der Waals surface area contributed by atoms with Gasteiger partial charge in [-0.2, -0.15) is 0 Å². The molecule has 0 aromatic heterocycles. The Hall–Kier alpha value is -1.09. The van der Waals surface area contributed by atoms with Gasteiger partial charge in [-0.1, -0.05) is 17.7 Å². The van der Waals surface area contributed by atoms with Crippen LogP contribution in [0.1, 0.15) is 31.7 Å². The smallest absolute Gasteiger partial charge is 0.173 e. The predicted molar refractivity (Wildman–Crippen MR) is 77.4 cm³/mol. The Balaban J connectivity index is 1.98. The molecule has 1 aromatic carbocycles. The van der Waals surface area contributed by atoms with E-state index in [-0.39, 0.29) is 0 Å². The summed E-state index contributed by atoms with van der Waals surface area (Å²) >= 11 is 5.48. The van der Waals surface area contributed by atoms with Crippen LogP contribution in [0.5, 0.6) is 0 Å². The minimum Gasteiger partial charge on any atom is -0.346 e. The summed E-state index contributed by atoms with van der Waals surface area (Å²) in [5.74, 6) is 0. The monoisotopic (exact) mass is 248 g/mol. The molecule has 0 bridgehead atoms. The van der Waals surface area contributed by atoms with Crippen LogP contribution in [-0.4, -0.2) is 22.6 Å². The number of nitrogens with zero attached hydrogens (tertiary/aromatic N) is 1. The molecule has 0 radical (unpaired) electrons. The minimum absolute atomic E-state index is 0.564. The van der Waals surface area contributed by atoms with E-state index in [0.717, 1.165) is 17.3 Å². The Morgan fingerprint density at radius 1 is 1.29 bits per heavy atom. The molecule has 0 aliphatic carbocycles. The second kappa shape index (κ2) is 5.50. The fourth-order valence-corrected chi connectivity index (χ4v) is 2.62. The fourth-order valence-electron chi connectivity index (χ4n) is 2.23. The standard InChI is InChI=1S/C14H20N2S/c1-11-6-8-13(9-7-11)15-14(17)16-10-4-3-5-12(16)2/h6-9,12H,3-5,10H2,1-2H3,(H,15,17)/t12-/m0/s1. The molecule has 0 unspecified atom stereocenters. The van der Waals surface area contributed by atoms with Crippen molar-refractivity contribution in [3.8, 4) is 0 Å². The molecule has 1 aliphatic heterocycles. The van der Waals surface area contributed by atoms with Gasteiger partial charge in [-0.25, -0.2) is 0 Å². The fraction of sp³-hybridized carbons (Fsp3) is 0.500. The minimum atomic E-state index is 0.564. The number of benzene rings is 1. The summed E-state index contributed by atoms with van der Waals surface area (Å²) in [7, 11) is 0. The van der Waals surface area contributed by atoms with Crippen LogP contribution in [0.3, 0.4) is 0 Å². The number of anilines is 1. The van der Waals surface area contributed by atoms with Gasteiger partial charge in [-0.15, -0.1) is 0 Å². The first-order valence-electron chi connectivity index (χ1n) is 6.31. The van der Waals surface area contributed by atoms with Gasteiger partial charge < -0.3 is 10.2 Å². The largest absolute Gasteiger partial charge is 0.346 e. The Morgan fingerprint density at radius 3 is 2.65 bits per heavy atom. The molecule has 1 saturated heterocycles. The van der Waals surface area contributed by atoms with Crippen LogP contribution in [0.15, 0.2) is 24.3 Å². The second-order valence-corrected chi connectivity index (χ2v) is 5.22. The Labute approximate surface area is 109 Å². The molecule has 0 spiro atoms. The maximum absolute atomic E-state index is 5.48. The molecule has 1 N–H and O–H groups in total. The number of hydrogen-bond acceptors (Lipinski definition) is 1. The van der Waals surface area contributed by atoms with Gasteiger partial charge in [0.15, 0.2) is 5.11 Å². The van der Waals surface area contributed by atoms with Crippen molar-refractivity contribution in [1.82, 2.24) is 4.90 Å². The van der Waals surface area contributed by atoms with Gasteiger partial charge in [0.1, 0.15) is 0 Å². The lowest BCUT2D eigenvalue weighted by atomic mass is 10.0. The normalized spacial score (nSPS) is 20.1. The average molecular weight is 248 g/mol. The summed E-state index contributed by atoms with van der Waals surface area (Å²) in [6, 6.07) is 8.93. The molecular formula is C14H20N2S. The van der Waals surface area contributed by atoms with E-state index in [2.05, 4.69) is 48.3 Å². The van der Waals surface area contributed by atoms with Crippen molar-refractivity contribution in [2.24, 2.45) is 0 Å². The lowest BCUT2D eigenvalue weighted by molar-refractivity contribution is 0.262. The lowest BCUT2D eigenvalue weighted by Crippen LogP contribution is -2.44. The van der Waals surface area contributed by atoms with E-state index in [1.807, 2.05) is 0 Å². The molecule has 17 heavy (non-hydrogen) atoms. The third kappa shape index (κ3) is 3.19. The molecule has 1 aliphatic rings. The van der Waals surface area contributed by atoms with Crippen LogP contribution in [-0.2, 0) is 0 Å². The van der Waals surface area contributed by atoms with Gasteiger partial charge in [0.2, 0.25) is 0 Å².